The van der Waals surface area contributed by atoms with Crippen molar-refractivity contribution in [2.75, 3.05) is 40.8 Å². The summed E-state index contributed by atoms with van der Waals surface area (Å²) in [5, 5.41) is 6.45. The van der Waals surface area contributed by atoms with Crippen molar-refractivity contribution in [3.63, 3.8) is 0 Å². The molecule has 0 saturated heterocycles. The average molecular weight is 432 g/mol. The molecule has 2 N–H and O–H groups in total. The van der Waals surface area contributed by atoms with Crippen LogP contribution in [0.2, 0.25) is 0 Å². The maximum atomic E-state index is 5.31. The Kier molecular flexibility index (Phi) is 11.5. The fourth-order valence-electron chi connectivity index (χ4n) is 2.10. The first-order valence-electron chi connectivity index (χ1n) is 7.55. The third-order valence-corrected chi connectivity index (χ3v) is 3.28. The SMILES string of the molecule is C=CCNC(=NCC(c1cccc(OC)c1)N(C)C)NCC.I. The second-order valence-electron chi connectivity index (χ2n) is 5.15. The molecule has 0 aromatic heterocycles. The molecule has 0 bridgehead atoms. The Labute approximate surface area is 157 Å². The summed E-state index contributed by atoms with van der Waals surface area (Å²) >= 11 is 0. The Balaban J connectivity index is 0.00000484. The lowest BCUT2D eigenvalue weighted by atomic mass is 10.1. The summed E-state index contributed by atoms with van der Waals surface area (Å²) in [7, 11) is 5.80. The first-order chi connectivity index (χ1) is 10.6. The molecule has 1 atom stereocenters. The standard InChI is InChI=1S/C17H28N4O.HI/c1-6-11-19-17(18-7-2)20-13-16(21(3)4)14-9-8-10-15(12-14)22-5;/h6,8-10,12,16H,1,7,11,13H2,2-5H3,(H2,18,19,20);1H. The van der Waals surface area contributed by atoms with Gasteiger partial charge in [0.25, 0.3) is 0 Å². The first-order valence-corrected chi connectivity index (χ1v) is 7.55. The lowest BCUT2D eigenvalue weighted by Crippen LogP contribution is -2.38. The summed E-state index contributed by atoms with van der Waals surface area (Å²) in [5.41, 5.74) is 1.19. The molecule has 6 heteroatoms. The van der Waals surface area contributed by atoms with E-state index in [1.54, 1.807) is 7.11 Å². The van der Waals surface area contributed by atoms with Crippen molar-refractivity contribution < 1.29 is 4.74 Å². The number of nitrogens with one attached hydrogen (secondary N) is 2. The van der Waals surface area contributed by atoms with E-state index in [4.69, 9.17) is 4.74 Å². The van der Waals surface area contributed by atoms with Gasteiger partial charge in [-0.25, -0.2) is 0 Å². The van der Waals surface area contributed by atoms with Crippen LogP contribution in [0.15, 0.2) is 41.9 Å². The number of methoxy groups -OCH3 is 1. The van der Waals surface area contributed by atoms with Gasteiger partial charge < -0.3 is 20.3 Å². The van der Waals surface area contributed by atoms with Crippen LogP contribution in [-0.4, -0.2) is 51.7 Å². The Bertz CT molecular complexity index is 491. The number of ether oxygens (including phenoxy) is 1. The molecule has 0 aliphatic carbocycles. The number of nitrogens with zero attached hydrogens (tertiary/aromatic N) is 2. The quantitative estimate of drug-likeness (QED) is 0.287. The zero-order valence-corrected chi connectivity index (χ0v) is 16.8. The normalized spacial score (nSPS) is 12.3. The molecule has 1 aromatic rings. The molecule has 0 radical (unpaired) electrons. The van der Waals surface area contributed by atoms with Gasteiger partial charge in [-0.1, -0.05) is 18.2 Å². The molecule has 0 aliphatic rings. The Morgan fingerprint density at radius 2 is 2.13 bits per heavy atom. The second kappa shape index (κ2) is 12.2. The highest BCUT2D eigenvalue weighted by Crippen LogP contribution is 2.22. The highest BCUT2D eigenvalue weighted by Gasteiger charge is 2.14. The average Bonchev–Trinajstić information content (AvgIpc) is 2.52. The van der Waals surface area contributed by atoms with E-state index in [1.807, 2.05) is 18.2 Å². The van der Waals surface area contributed by atoms with Crippen molar-refractivity contribution >= 4 is 29.9 Å². The number of aliphatic imine (C=N–C) groups is 1. The van der Waals surface area contributed by atoms with E-state index in [0.29, 0.717) is 13.1 Å². The van der Waals surface area contributed by atoms with Gasteiger partial charge >= 0.3 is 0 Å². The number of hydrogen-bond donors (Lipinski definition) is 2. The summed E-state index contributed by atoms with van der Waals surface area (Å²) in [6.07, 6.45) is 1.82. The van der Waals surface area contributed by atoms with E-state index in [1.165, 1.54) is 5.56 Å². The Morgan fingerprint density at radius 3 is 2.70 bits per heavy atom. The number of likely N-dealkylation sites (N-methyl/N-ethyl adjacent to an activating group) is 1. The second-order valence-corrected chi connectivity index (χ2v) is 5.15. The molecule has 1 rings (SSSR count). The largest absolute Gasteiger partial charge is 0.497 e. The van der Waals surface area contributed by atoms with Gasteiger partial charge in [0.2, 0.25) is 0 Å². The Hall–Kier alpha value is -1.28. The Morgan fingerprint density at radius 1 is 1.39 bits per heavy atom. The summed E-state index contributed by atoms with van der Waals surface area (Å²) < 4.78 is 5.31. The van der Waals surface area contributed by atoms with Crippen LogP contribution in [0.1, 0.15) is 18.5 Å². The van der Waals surface area contributed by atoms with Gasteiger partial charge in [-0.15, -0.1) is 30.6 Å². The molecule has 130 valence electrons. The number of rotatable bonds is 8. The summed E-state index contributed by atoms with van der Waals surface area (Å²) in [5.74, 6) is 1.67. The van der Waals surface area contributed by atoms with Crippen molar-refractivity contribution in [2.24, 2.45) is 4.99 Å². The summed E-state index contributed by atoms with van der Waals surface area (Å²) in [6, 6.07) is 8.32. The third-order valence-electron chi connectivity index (χ3n) is 3.28. The fraction of sp³-hybridized carbons (Fsp3) is 0.471. The monoisotopic (exact) mass is 432 g/mol. The van der Waals surface area contributed by atoms with Crippen LogP contribution in [0.3, 0.4) is 0 Å². The van der Waals surface area contributed by atoms with Crippen molar-refractivity contribution in [1.82, 2.24) is 15.5 Å². The minimum absolute atomic E-state index is 0. The van der Waals surface area contributed by atoms with Gasteiger partial charge in [-0.2, -0.15) is 0 Å². The zero-order valence-electron chi connectivity index (χ0n) is 14.5. The summed E-state index contributed by atoms with van der Waals surface area (Å²) in [4.78, 5) is 6.83. The maximum absolute atomic E-state index is 5.31. The highest BCUT2D eigenvalue weighted by molar-refractivity contribution is 14.0. The lowest BCUT2D eigenvalue weighted by molar-refractivity contribution is 0.305. The molecule has 0 fully saturated rings. The van der Waals surface area contributed by atoms with E-state index in [0.717, 1.165) is 18.3 Å². The van der Waals surface area contributed by atoms with Crippen LogP contribution >= 0.6 is 24.0 Å². The van der Waals surface area contributed by atoms with E-state index in [2.05, 4.69) is 60.3 Å². The summed E-state index contributed by atoms with van der Waals surface area (Å²) in [6.45, 7) is 7.95. The van der Waals surface area contributed by atoms with Crippen LogP contribution in [0, 0.1) is 0 Å². The van der Waals surface area contributed by atoms with Crippen molar-refractivity contribution in [1.29, 1.82) is 0 Å². The number of halogens is 1. The molecular weight excluding hydrogens is 403 g/mol. The predicted molar refractivity (Wildman–Crippen MR) is 109 cm³/mol. The number of benzene rings is 1. The van der Waals surface area contributed by atoms with Crippen molar-refractivity contribution in [2.45, 2.75) is 13.0 Å². The van der Waals surface area contributed by atoms with Gasteiger partial charge in [-0.3, -0.25) is 4.99 Å². The molecule has 0 aliphatic heterocycles. The van der Waals surface area contributed by atoms with Gasteiger partial charge in [0, 0.05) is 13.1 Å². The molecule has 0 saturated carbocycles. The van der Waals surface area contributed by atoms with Crippen LogP contribution in [0.4, 0.5) is 0 Å². The number of hydrogen-bond acceptors (Lipinski definition) is 3. The zero-order chi connectivity index (χ0) is 16.4. The molecule has 5 nitrogen and oxygen atoms in total. The highest BCUT2D eigenvalue weighted by atomic mass is 127. The van der Waals surface area contributed by atoms with Crippen molar-refractivity contribution in [3.8, 4) is 5.75 Å². The van der Waals surface area contributed by atoms with E-state index in [9.17, 15) is 0 Å². The number of guanidine groups is 1. The molecule has 1 unspecified atom stereocenters. The van der Waals surface area contributed by atoms with E-state index < -0.39 is 0 Å². The van der Waals surface area contributed by atoms with Crippen molar-refractivity contribution in [3.05, 3.63) is 42.5 Å². The minimum Gasteiger partial charge on any atom is -0.497 e. The van der Waals surface area contributed by atoms with Crippen LogP contribution in [0.25, 0.3) is 0 Å². The minimum atomic E-state index is 0. The molecular formula is C17H29IN4O. The molecule has 1 aromatic carbocycles. The van der Waals surface area contributed by atoms with Gasteiger partial charge in [0.15, 0.2) is 5.96 Å². The third kappa shape index (κ3) is 7.69. The van der Waals surface area contributed by atoms with Gasteiger partial charge in [-0.05, 0) is 38.7 Å². The van der Waals surface area contributed by atoms with Crippen LogP contribution < -0.4 is 15.4 Å². The maximum Gasteiger partial charge on any atom is 0.191 e. The molecule has 0 amide bonds. The molecule has 23 heavy (non-hydrogen) atoms. The van der Waals surface area contributed by atoms with E-state index >= 15 is 0 Å². The first kappa shape index (κ1) is 21.7. The predicted octanol–water partition coefficient (Wildman–Crippen LogP) is 2.66. The van der Waals surface area contributed by atoms with E-state index in [-0.39, 0.29) is 30.0 Å². The van der Waals surface area contributed by atoms with Gasteiger partial charge in [0.05, 0.1) is 19.7 Å². The molecule has 0 spiro atoms. The van der Waals surface area contributed by atoms with Gasteiger partial charge in [0.1, 0.15) is 5.75 Å². The topological polar surface area (TPSA) is 48.9 Å². The molecule has 0 heterocycles. The smallest absolute Gasteiger partial charge is 0.191 e. The lowest BCUT2D eigenvalue weighted by Gasteiger charge is -2.24. The fourth-order valence-corrected chi connectivity index (χ4v) is 2.10. The van der Waals surface area contributed by atoms with Crippen LogP contribution in [-0.2, 0) is 0 Å². The van der Waals surface area contributed by atoms with Crippen LogP contribution in [0.5, 0.6) is 5.75 Å².